The van der Waals surface area contributed by atoms with Crippen LogP contribution in [0.3, 0.4) is 0 Å². The average molecular weight is 664 g/mol. The normalized spacial score (nSPS) is 14.5. The van der Waals surface area contributed by atoms with E-state index in [0.717, 1.165) is 45.8 Å². The van der Waals surface area contributed by atoms with E-state index in [0.29, 0.717) is 39.1 Å². The minimum Gasteiger partial charge on any atom is -0.488 e. The number of rotatable bonds is 6. The highest BCUT2D eigenvalue weighted by molar-refractivity contribution is 9.10. The Kier molecular flexibility index (Phi) is 8.34. The highest BCUT2D eigenvalue weighted by Crippen LogP contribution is 2.32. The molecule has 0 radical (unpaired) electrons. The average Bonchev–Trinajstić information content (AvgIpc) is 2.90. The van der Waals surface area contributed by atoms with Crippen LogP contribution in [0.5, 0.6) is 5.75 Å². The zero-order chi connectivity index (χ0) is 25.9. The number of benzene rings is 3. The van der Waals surface area contributed by atoms with Crippen LogP contribution >= 0.6 is 55.1 Å². The van der Waals surface area contributed by atoms with Crippen molar-refractivity contribution in [2.24, 2.45) is 5.10 Å². The second-order valence-corrected chi connectivity index (χ2v) is 11.7. The minimum absolute atomic E-state index is 0.184. The monoisotopic (exact) mass is 661 g/mol. The van der Waals surface area contributed by atoms with E-state index in [1.165, 1.54) is 11.1 Å². The van der Waals surface area contributed by atoms with Gasteiger partial charge in [-0.2, -0.15) is 9.78 Å². The molecule has 1 aromatic heterocycles. The van der Waals surface area contributed by atoms with Gasteiger partial charge < -0.3 is 4.74 Å². The van der Waals surface area contributed by atoms with Gasteiger partial charge in [0.1, 0.15) is 18.2 Å². The molecule has 1 aliphatic rings. The predicted molar refractivity (Wildman–Crippen MR) is 157 cm³/mol. The van der Waals surface area contributed by atoms with E-state index in [1.54, 1.807) is 24.4 Å². The Labute approximate surface area is 241 Å². The van der Waals surface area contributed by atoms with Crippen molar-refractivity contribution in [3.8, 4) is 5.75 Å². The van der Waals surface area contributed by atoms with Gasteiger partial charge in [-0.05, 0) is 66.9 Å². The van der Waals surface area contributed by atoms with E-state index >= 15 is 0 Å². The molecular formula is C28H23Br2Cl2N3O2. The summed E-state index contributed by atoms with van der Waals surface area (Å²) in [5.41, 5.74) is 2.12. The molecular weight excluding hydrogens is 641 g/mol. The van der Waals surface area contributed by atoms with Gasteiger partial charge in [0.2, 0.25) is 0 Å². The van der Waals surface area contributed by atoms with Gasteiger partial charge >= 0.3 is 0 Å². The molecule has 0 aliphatic heterocycles. The molecule has 1 fully saturated rings. The fourth-order valence-corrected chi connectivity index (χ4v) is 5.63. The summed E-state index contributed by atoms with van der Waals surface area (Å²) in [4.78, 5) is 18.5. The highest BCUT2D eigenvalue weighted by atomic mass is 79.9. The summed E-state index contributed by atoms with van der Waals surface area (Å²) in [6, 6.07) is 16.7. The summed E-state index contributed by atoms with van der Waals surface area (Å²) in [5.74, 6) is 1.53. The third kappa shape index (κ3) is 6.11. The Morgan fingerprint density at radius 3 is 2.51 bits per heavy atom. The number of aromatic nitrogens is 2. The lowest BCUT2D eigenvalue weighted by molar-refractivity contribution is 0.305. The van der Waals surface area contributed by atoms with E-state index in [9.17, 15) is 4.79 Å². The molecule has 0 N–H and O–H groups in total. The number of fused-ring (bicyclic) bond motifs is 1. The van der Waals surface area contributed by atoms with Crippen molar-refractivity contribution in [3.05, 3.63) is 101 Å². The largest absolute Gasteiger partial charge is 0.488 e. The molecule has 0 unspecified atom stereocenters. The van der Waals surface area contributed by atoms with Crippen LogP contribution in [0.1, 0.15) is 55.0 Å². The molecule has 1 heterocycles. The van der Waals surface area contributed by atoms with Crippen LogP contribution in [0, 0.1) is 0 Å². The first-order valence-corrected chi connectivity index (χ1v) is 14.4. The summed E-state index contributed by atoms with van der Waals surface area (Å²) in [6.07, 6.45) is 7.12. The van der Waals surface area contributed by atoms with Crippen molar-refractivity contribution >= 4 is 72.2 Å². The molecule has 5 nitrogen and oxygen atoms in total. The Hall–Kier alpha value is -2.19. The standard InChI is InChI=1S/C28H23Br2Cl2N3O2/c29-20-8-11-26(37-16-17-6-9-23(31)24(32)12-17)19(13-20)15-33-35-27(18-4-2-1-3-5-18)34-25-10-7-21(30)14-22(25)28(35)36/h6-15,18H,1-5,16H2. The Morgan fingerprint density at radius 1 is 0.973 bits per heavy atom. The summed E-state index contributed by atoms with van der Waals surface area (Å²) >= 11 is 19.2. The van der Waals surface area contributed by atoms with Gasteiger partial charge in [0.05, 0.1) is 27.2 Å². The summed E-state index contributed by atoms with van der Waals surface area (Å²) in [6.45, 7) is 0.304. The van der Waals surface area contributed by atoms with Gasteiger partial charge in [-0.25, -0.2) is 4.98 Å². The van der Waals surface area contributed by atoms with Crippen LogP contribution in [0.25, 0.3) is 10.9 Å². The van der Waals surface area contributed by atoms with Gasteiger partial charge in [0, 0.05) is 20.4 Å². The van der Waals surface area contributed by atoms with Gasteiger partial charge in [-0.15, -0.1) is 0 Å². The molecule has 4 aromatic rings. The van der Waals surface area contributed by atoms with Crippen molar-refractivity contribution in [1.29, 1.82) is 0 Å². The van der Waals surface area contributed by atoms with Crippen LogP contribution in [0.4, 0.5) is 0 Å². The number of nitrogens with zero attached hydrogens (tertiary/aromatic N) is 3. The minimum atomic E-state index is -0.184. The third-order valence-corrected chi connectivity index (χ3v) is 8.19. The van der Waals surface area contributed by atoms with Crippen LogP contribution < -0.4 is 10.3 Å². The van der Waals surface area contributed by atoms with Crippen LogP contribution in [0.2, 0.25) is 10.0 Å². The maximum Gasteiger partial charge on any atom is 0.282 e. The zero-order valence-corrected chi connectivity index (χ0v) is 24.4. The first kappa shape index (κ1) is 26.4. The van der Waals surface area contributed by atoms with E-state index in [1.807, 2.05) is 36.4 Å². The number of ether oxygens (including phenoxy) is 1. The predicted octanol–water partition coefficient (Wildman–Crippen LogP) is 8.74. The number of hydrogen-bond acceptors (Lipinski definition) is 4. The molecule has 9 heteroatoms. The molecule has 1 aliphatic carbocycles. The van der Waals surface area contributed by atoms with Crippen LogP contribution in [-0.4, -0.2) is 15.9 Å². The summed E-state index contributed by atoms with van der Waals surface area (Å²) < 4.78 is 9.26. The summed E-state index contributed by atoms with van der Waals surface area (Å²) in [5, 5.41) is 6.17. The third-order valence-electron chi connectivity index (χ3n) is 6.47. The second kappa shape index (κ2) is 11.7. The quantitative estimate of drug-likeness (QED) is 0.194. The van der Waals surface area contributed by atoms with Gasteiger partial charge in [0.15, 0.2) is 0 Å². The first-order chi connectivity index (χ1) is 17.9. The number of hydrogen-bond donors (Lipinski definition) is 0. The topological polar surface area (TPSA) is 56.5 Å². The molecule has 0 saturated heterocycles. The maximum atomic E-state index is 13.6. The van der Waals surface area contributed by atoms with Crippen LogP contribution in [0.15, 0.2) is 73.4 Å². The molecule has 0 amide bonds. The van der Waals surface area contributed by atoms with Crippen molar-refractivity contribution < 1.29 is 4.74 Å². The van der Waals surface area contributed by atoms with E-state index in [2.05, 4.69) is 37.0 Å². The Balaban J connectivity index is 1.52. The van der Waals surface area contributed by atoms with Crippen molar-refractivity contribution in [2.45, 2.75) is 44.6 Å². The smallest absolute Gasteiger partial charge is 0.282 e. The molecule has 37 heavy (non-hydrogen) atoms. The summed E-state index contributed by atoms with van der Waals surface area (Å²) in [7, 11) is 0. The second-order valence-electron chi connectivity index (χ2n) is 9.05. The zero-order valence-electron chi connectivity index (χ0n) is 19.8. The first-order valence-electron chi connectivity index (χ1n) is 12.0. The van der Waals surface area contributed by atoms with Crippen molar-refractivity contribution in [2.75, 3.05) is 0 Å². The molecule has 0 spiro atoms. The van der Waals surface area contributed by atoms with Crippen LogP contribution in [-0.2, 0) is 6.61 Å². The lowest BCUT2D eigenvalue weighted by Crippen LogP contribution is -2.25. The number of halogens is 4. The fourth-order valence-electron chi connectivity index (χ4n) is 4.56. The molecule has 0 atom stereocenters. The van der Waals surface area contributed by atoms with E-state index < -0.39 is 0 Å². The Bertz CT molecular complexity index is 1550. The van der Waals surface area contributed by atoms with E-state index in [4.69, 9.17) is 32.9 Å². The molecule has 3 aromatic carbocycles. The van der Waals surface area contributed by atoms with Gasteiger partial charge in [-0.1, -0.05) is 80.4 Å². The molecule has 1 saturated carbocycles. The Morgan fingerprint density at radius 2 is 1.73 bits per heavy atom. The molecule has 190 valence electrons. The van der Waals surface area contributed by atoms with Gasteiger partial charge in [-0.3, -0.25) is 4.79 Å². The SMILES string of the molecule is O=c1c2cc(Br)ccc2nc(C2CCCCC2)n1N=Cc1cc(Br)ccc1OCc1ccc(Cl)c(Cl)c1. The highest BCUT2D eigenvalue weighted by Gasteiger charge is 2.22. The van der Waals surface area contributed by atoms with E-state index in [-0.39, 0.29) is 11.5 Å². The maximum absolute atomic E-state index is 13.6. The van der Waals surface area contributed by atoms with Crippen molar-refractivity contribution in [3.63, 3.8) is 0 Å². The van der Waals surface area contributed by atoms with Gasteiger partial charge in [0.25, 0.3) is 5.56 Å². The fraction of sp³-hybridized carbons (Fsp3) is 0.250. The lowest BCUT2D eigenvalue weighted by Gasteiger charge is -2.22. The van der Waals surface area contributed by atoms with Crippen molar-refractivity contribution in [1.82, 2.24) is 9.66 Å². The molecule has 5 rings (SSSR count). The lowest BCUT2D eigenvalue weighted by atomic mass is 9.88. The molecule has 0 bridgehead atoms.